The molecule has 0 radical (unpaired) electrons. The lowest BCUT2D eigenvalue weighted by atomic mass is 10.0. The van der Waals surface area contributed by atoms with Gasteiger partial charge in [-0.25, -0.2) is 8.42 Å². The third-order valence-corrected chi connectivity index (χ3v) is 6.70. The highest BCUT2D eigenvalue weighted by Gasteiger charge is 2.25. The average molecular weight is 376 g/mol. The molecule has 0 saturated carbocycles. The SMILES string of the molecule is CC(C)c1ccc(S(=O)(=O)N(Cc2ccoc2)Cc2cccs2)cc1. The molecule has 0 aliphatic rings. The molecular formula is C19H21NO3S2. The van der Waals surface area contributed by atoms with Crippen LogP contribution in [-0.2, 0) is 23.1 Å². The molecule has 6 heteroatoms. The minimum absolute atomic E-state index is 0.280. The maximum absolute atomic E-state index is 13.2. The molecule has 132 valence electrons. The molecule has 0 N–H and O–H groups in total. The molecule has 0 amide bonds. The van der Waals surface area contributed by atoms with Gasteiger partial charge in [0.2, 0.25) is 10.0 Å². The fraction of sp³-hybridized carbons (Fsp3) is 0.263. The number of hydrogen-bond acceptors (Lipinski definition) is 4. The van der Waals surface area contributed by atoms with Crippen molar-refractivity contribution in [2.45, 2.75) is 37.8 Å². The van der Waals surface area contributed by atoms with E-state index in [4.69, 9.17) is 4.42 Å². The van der Waals surface area contributed by atoms with E-state index in [0.29, 0.717) is 17.4 Å². The standard InChI is InChI=1S/C19H21NO3S2/c1-15(2)17-5-7-19(8-6-17)25(21,22)20(12-16-9-10-23-14-16)13-18-4-3-11-24-18/h3-11,14-15H,12-13H2,1-2H3. The van der Waals surface area contributed by atoms with E-state index in [1.807, 2.05) is 29.6 Å². The van der Waals surface area contributed by atoms with E-state index >= 15 is 0 Å². The molecule has 3 aromatic rings. The Balaban J connectivity index is 1.92. The van der Waals surface area contributed by atoms with Crippen LogP contribution in [0.25, 0.3) is 0 Å². The lowest BCUT2D eigenvalue weighted by Crippen LogP contribution is -2.29. The number of nitrogens with zero attached hydrogens (tertiary/aromatic N) is 1. The maximum Gasteiger partial charge on any atom is 0.243 e. The summed E-state index contributed by atoms with van der Waals surface area (Å²) in [5.41, 5.74) is 1.96. The van der Waals surface area contributed by atoms with Crippen molar-refractivity contribution in [1.29, 1.82) is 0 Å². The summed E-state index contributed by atoms with van der Waals surface area (Å²) in [6, 6.07) is 12.8. The first kappa shape index (κ1) is 17.9. The average Bonchev–Trinajstić information content (AvgIpc) is 3.28. The highest BCUT2D eigenvalue weighted by atomic mass is 32.2. The van der Waals surface area contributed by atoms with E-state index in [9.17, 15) is 8.42 Å². The molecule has 2 heterocycles. The largest absolute Gasteiger partial charge is 0.472 e. The molecule has 0 atom stereocenters. The summed E-state index contributed by atoms with van der Waals surface area (Å²) >= 11 is 1.55. The van der Waals surface area contributed by atoms with Crippen LogP contribution in [0.2, 0.25) is 0 Å². The van der Waals surface area contributed by atoms with Crippen LogP contribution in [0.5, 0.6) is 0 Å². The Bertz CT molecular complexity index is 845. The minimum Gasteiger partial charge on any atom is -0.472 e. The Morgan fingerprint density at radius 3 is 2.40 bits per heavy atom. The highest BCUT2D eigenvalue weighted by molar-refractivity contribution is 7.89. The molecule has 4 nitrogen and oxygen atoms in total. The Morgan fingerprint density at radius 2 is 1.84 bits per heavy atom. The van der Waals surface area contributed by atoms with Crippen molar-refractivity contribution >= 4 is 21.4 Å². The van der Waals surface area contributed by atoms with Gasteiger partial charge >= 0.3 is 0 Å². The number of benzene rings is 1. The summed E-state index contributed by atoms with van der Waals surface area (Å²) in [7, 11) is -3.60. The maximum atomic E-state index is 13.2. The first-order valence-electron chi connectivity index (χ1n) is 8.10. The van der Waals surface area contributed by atoms with Crippen LogP contribution in [0.15, 0.2) is 69.7 Å². The summed E-state index contributed by atoms with van der Waals surface area (Å²) in [5, 5.41) is 1.95. The van der Waals surface area contributed by atoms with Gasteiger partial charge in [-0.05, 0) is 41.1 Å². The zero-order valence-corrected chi connectivity index (χ0v) is 15.9. The molecule has 25 heavy (non-hydrogen) atoms. The van der Waals surface area contributed by atoms with E-state index in [-0.39, 0.29) is 6.54 Å². The number of furan rings is 1. The quantitative estimate of drug-likeness (QED) is 0.593. The Morgan fingerprint density at radius 1 is 1.08 bits per heavy atom. The van der Waals surface area contributed by atoms with Crippen LogP contribution in [0.4, 0.5) is 0 Å². The van der Waals surface area contributed by atoms with Gasteiger partial charge in [-0.15, -0.1) is 11.3 Å². The van der Waals surface area contributed by atoms with Gasteiger partial charge in [0.15, 0.2) is 0 Å². The second-order valence-electron chi connectivity index (χ2n) is 6.21. The topological polar surface area (TPSA) is 50.5 Å². The normalized spacial score (nSPS) is 12.2. The summed E-state index contributed by atoms with van der Waals surface area (Å²) in [5.74, 6) is 0.366. The van der Waals surface area contributed by atoms with Gasteiger partial charge < -0.3 is 4.42 Å². The lowest BCUT2D eigenvalue weighted by Gasteiger charge is -2.21. The molecule has 0 bridgehead atoms. The van der Waals surface area contributed by atoms with Crippen LogP contribution in [0.3, 0.4) is 0 Å². The van der Waals surface area contributed by atoms with Crippen molar-refractivity contribution in [2.24, 2.45) is 0 Å². The third-order valence-electron chi connectivity index (χ3n) is 4.04. The smallest absolute Gasteiger partial charge is 0.243 e. The van der Waals surface area contributed by atoms with Crippen molar-refractivity contribution in [3.63, 3.8) is 0 Å². The molecular weight excluding hydrogens is 354 g/mol. The monoisotopic (exact) mass is 375 g/mol. The van der Waals surface area contributed by atoms with E-state index in [1.54, 1.807) is 42.1 Å². The van der Waals surface area contributed by atoms with Crippen molar-refractivity contribution in [3.05, 3.63) is 76.4 Å². The molecule has 3 rings (SSSR count). The van der Waals surface area contributed by atoms with Gasteiger partial charge in [-0.2, -0.15) is 4.31 Å². The van der Waals surface area contributed by atoms with Crippen LogP contribution in [0.1, 0.15) is 35.8 Å². The summed E-state index contributed by atoms with van der Waals surface area (Å²) < 4.78 is 32.9. The van der Waals surface area contributed by atoms with E-state index < -0.39 is 10.0 Å². The summed E-state index contributed by atoms with van der Waals surface area (Å²) in [4.78, 5) is 1.32. The number of rotatable bonds is 7. The van der Waals surface area contributed by atoms with Gasteiger partial charge in [0.25, 0.3) is 0 Å². The Labute approximate surface area is 152 Å². The predicted molar refractivity (Wildman–Crippen MR) is 100.0 cm³/mol. The van der Waals surface area contributed by atoms with E-state index in [1.165, 1.54) is 4.31 Å². The molecule has 0 fully saturated rings. The number of thiophene rings is 1. The van der Waals surface area contributed by atoms with Gasteiger partial charge in [0.05, 0.1) is 17.4 Å². The van der Waals surface area contributed by atoms with Crippen LogP contribution in [0, 0.1) is 0 Å². The lowest BCUT2D eigenvalue weighted by molar-refractivity contribution is 0.402. The van der Waals surface area contributed by atoms with Gasteiger partial charge in [-0.1, -0.05) is 32.0 Å². The third kappa shape index (κ3) is 4.21. The zero-order chi connectivity index (χ0) is 17.9. The van der Waals surface area contributed by atoms with E-state index in [2.05, 4.69) is 13.8 Å². The van der Waals surface area contributed by atoms with Crippen LogP contribution < -0.4 is 0 Å². The Kier molecular flexibility index (Phi) is 5.42. The van der Waals surface area contributed by atoms with E-state index in [0.717, 1.165) is 16.0 Å². The molecule has 0 spiro atoms. The van der Waals surface area contributed by atoms with Crippen molar-refractivity contribution in [1.82, 2.24) is 4.31 Å². The number of hydrogen-bond donors (Lipinski definition) is 0. The fourth-order valence-electron chi connectivity index (χ4n) is 2.56. The van der Waals surface area contributed by atoms with Gasteiger partial charge in [0.1, 0.15) is 0 Å². The number of sulfonamides is 1. The Hall–Kier alpha value is -1.89. The highest BCUT2D eigenvalue weighted by Crippen LogP contribution is 2.24. The first-order chi connectivity index (χ1) is 12.0. The summed E-state index contributed by atoms with van der Waals surface area (Å²) in [6.07, 6.45) is 3.14. The van der Waals surface area contributed by atoms with Gasteiger partial charge in [0, 0.05) is 23.5 Å². The molecule has 0 saturated heterocycles. The molecule has 0 aliphatic carbocycles. The van der Waals surface area contributed by atoms with Crippen molar-refractivity contribution in [2.75, 3.05) is 0 Å². The first-order valence-corrected chi connectivity index (χ1v) is 10.4. The van der Waals surface area contributed by atoms with Crippen LogP contribution in [-0.4, -0.2) is 12.7 Å². The zero-order valence-electron chi connectivity index (χ0n) is 14.3. The molecule has 1 aromatic carbocycles. The predicted octanol–water partition coefficient (Wildman–Crippen LogP) is 4.86. The molecule has 2 aromatic heterocycles. The van der Waals surface area contributed by atoms with Crippen LogP contribution >= 0.6 is 11.3 Å². The molecule has 0 aliphatic heterocycles. The molecule has 0 unspecified atom stereocenters. The summed E-state index contributed by atoms with van der Waals surface area (Å²) in [6.45, 7) is 4.80. The van der Waals surface area contributed by atoms with Gasteiger partial charge in [-0.3, -0.25) is 0 Å². The van der Waals surface area contributed by atoms with Crippen molar-refractivity contribution in [3.8, 4) is 0 Å². The van der Waals surface area contributed by atoms with Crippen molar-refractivity contribution < 1.29 is 12.8 Å². The minimum atomic E-state index is -3.60. The fourth-order valence-corrected chi connectivity index (χ4v) is 4.77. The second kappa shape index (κ2) is 7.56. The second-order valence-corrected chi connectivity index (χ2v) is 9.18.